The van der Waals surface area contributed by atoms with Gasteiger partial charge in [0.15, 0.2) is 0 Å². The van der Waals surface area contributed by atoms with Crippen LogP contribution in [0.15, 0.2) is 35.3 Å². The molecular formula is C16H27NS. The molecule has 0 aromatic carbocycles. The summed E-state index contributed by atoms with van der Waals surface area (Å²) < 4.78 is 0. The van der Waals surface area contributed by atoms with Crippen molar-refractivity contribution < 1.29 is 0 Å². The summed E-state index contributed by atoms with van der Waals surface area (Å²) in [5.41, 5.74) is 1.64. The van der Waals surface area contributed by atoms with Crippen molar-refractivity contribution in [2.24, 2.45) is 5.92 Å². The number of thioether (sulfide) groups is 1. The molecule has 0 aromatic heterocycles. The zero-order valence-electron chi connectivity index (χ0n) is 12.5. The highest BCUT2D eigenvalue weighted by Gasteiger charge is 2.34. The predicted molar refractivity (Wildman–Crippen MR) is 85.0 cm³/mol. The van der Waals surface area contributed by atoms with Crippen molar-refractivity contribution in [3.8, 4) is 0 Å². The lowest BCUT2D eigenvalue weighted by Crippen LogP contribution is -2.47. The van der Waals surface area contributed by atoms with Crippen LogP contribution in [-0.2, 0) is 0 Å². The van der Waals surface area contributed by atoms with Crippen LogP contribution in [0.4, 0.5) is 0 Å². The van der Waals surface area contributed by atoms with Crippen molar-refractivity contribution in [3.63, 3.8) is 0 Å². The van der Waals surface area contributed by atoms with E-state index >= 15 is 0 Å². The highest BCUT2D eigenvalue weighted by molar-refractivity contribution is 8.02. The second-order valence-corrected chi connectivity index (χ2v) is 6.60. The first-order valence-corrected chi connectivity index (χ1v) is 7.93. The minimum atomic E-state index is 0.150. The van der Waals surface area contributed by atoms with Gasteiger partial charge >= 0.3 is 0 Å². The summed E-state index contributed by atoms with van der Waals surface area (Å²) >= 11 is 1.83. The predicted octanol–water partition coefficient (Wildman–Crippen LogP) is 4.49. The molecule has 1 rings (SSSR count). The van der Waals surface area contributed by atoms with Crippen molar-refractivity contribution in [1.82, 2.24) is 4.90 Å². The number of likely N-dealkylation sites (N-methyl/N-ethyl adjacent to an activating group) is 1. The highest BCUT2D eigenvalue weighted by atomic mass is 32.2. The van der Waals surface area contributed by atoms with Crippen LogP contribution >= 0.6 is 11.8 Å². The van der Waals surface area contributed by atoms with Gasteiger partial charge < -0.3 is 0 Å². The van der Waals surface area contributed by atoms with Gasteiger partial charge in [0.25, 0.3) is 0 Å². The van der Waals surface area contributed by atoms with Gasteiger partial charge in [0, 0.05) is 17.0 Å². The summed E-state index contributed by atoms with van der Waals surface area (Å²) in [7, 11) is 2.24. The lowest BCUT2D eigenvalue weighted by molar-refractivity contribution is 0.153. The van der Waals surface area contributed by atoms with Crippen LogP contribution < -0.4 is 0 Å². The maximum atomic E-state index is 3.91. The number of rotatable bonds is 6. The van der Waals surface area contributed by atoms with E-state index < -0.39 is 0 Å². The third-order valence-electron chi connectivity index (χ3n) is 3.79. The van der Waals surface area contributed by atoms with Gasteiger partial charge in [-0.2, -0.15) is 0 Å². The largest absolute Gasteiger partial charge is 0.297 e. The van der Waals surface area contributed by atoms with E-state index in [0.717, 1.165) is 19.4 Å². The van der Waals surface area contributed by atoms with Crippen LogP contribution in [-0.4, -0.2) is 30.3 Å². The second-order valence-electron chi connectivity index (χ2n) is 5.73. The molecule has 0 fully saturated rings. The zero-order chi connectivity index (χ0) is 13.8. The molecule has 0 heterocycles. The molecule has 0 saturated heterocycles. The van der Waals surface area contributed by atoms with Crippen LogP contribution in [0.1, 0.15) is 33.6 Å². The molecular weight excluding hydrogens is 238 g/mol. The molecule has 0 radical (unpaired) electrons. The Balaban J connectivity index is 2.96. The molecule has 0 spiro atoms. The van der Waals surface area contributed by atoms with E-state index in [1.807, 2.05) is 17.8 Å². The summed E-state index contributed by atoms with van der Waals surface area (Å²) in [6, 6.07) is 0. The summed E-state index contributed by atoms with van der Waals surface area (Å²) in [5.74, 6) is 0.697. The second kappa shape index (κ2) is 6.63. The van der Waals surface area contributed by atoms with E-state index in [-0.39, 0.29) is 5.54 Å². The molecule has 0 bridgehead atoms. The fraction of sp³-hybridized carbons (Fsp3) is 0.625. The SMILES string of the molecule is C=CCC1=CC(SC)=CCC1(C)N(C)CC(C)C. The summed E-state index contributed by atoms with van der Waals surface area (Å²) in [6.07, 6.45) is 11.0. The minimum absolute atomic E-state index is 0.150. The van der Waals surface area contributed by atoms with Gasteiger partial charge in [0.05, 0.1) is 0 Å². The van der Waals surface area contributed by atoms with Crippen molar-refractivity contribution in [3.05, 3.63) is 35.3 Å². The first-order chi connectivity index (χ1) is 8.43. The lowest BCUT2D eigenvalue weighted by Gasteiger charge is -2.43. The molecule has 1 aliphatic carbocycles. The van der Waals surface area contributed by atoms with E-state index in [9.17, 15) is 0 Å². The Bertz CT molecular complexity index is 354. The maximum absolute atomic E-state index is 3.91. The summed E-state index contributed by atoms with van der Waals surface area (Å²) in [6.45, 7) is 12.0. The van der Waals surface area contributed by atoms with Crippen LogP contribution in [0.2, 0.25) is 0 Å². The molecule has 1 atom stereocenters. The number of hydrogen-bond donors (Lipinski definition) is 0. The molecule has 102 valence electrons. The number of hydrogen-bond acceptors (Lipinski definition) is 2. The molecule has 18 heavy (non-hydrogen) atoms. The normalized spacial score (nSPS) is 24.2. The third kappa shape index (κ3) is 3.52. The van der Waals surface area contributed by atoms with E-state index in [1.165, 1.54) is 10.5 Å². The Labute approximate surface area is 117 Å². The molecule has 2 heteroatoms. The Kier molecular flexibility index (Phi) is 5.74. The molecule has 1 aliphatic rings. The number of allylic oxidation sites excluding steroid dienone is 2. The van der Waals surface area contributed by atoms with Crippen LogP contribution in [0.5, 0.6) is 0 Å². The van der Waals surface area contributed by atoms with Crippen molar-refractivity contribution in [2.75, 3.05) is 19.8 Å². The Morgan fingerprint density at radius 3 is 2.72 bits per heavy atom. The smallest absolute Gasteiger partial charge is 0.0430 e. The average molecular weight is 265 g/mol. The van der Waals surface area contributed by atoms with Gasteiger partial charge in [0.1, 0.15) is 0 Å². The minimum Gasteiger partial charge on any atom is -0.297 e. The van der Waals surface area contributed by atoms with E-state index in [4.69, 9.17) is 0 Å². The summed E-state index contributed by atoms with van der Waals surface area (Å²) in [4.78, 5) is 3.89. The lowest BCUT2D eigenvalue weighted by atomic mass is 9.81. The fourth-order valence-electron chi connectivity index (χ4n) is 2.54. The van der Waals surface area contributed by atoms with Gasteiger partial charge in [-0.05, 0) is 50.6 Å². The van der Waals surface area contributed by atoms with E-state index in [0.29, 0.717) is 5.92 Å². The van der Waals surface area contributed by atoms with Crippen molar-refractivity contribution >= 4 is 11.8 Å². The Morgan fingerprint density at radius 2 is 2.22 bits per heavy atom. The molecule has 0 amide bonds. The molecule has 1 unspecified atom stereocenters. The number of nitrogens with zero attached hydrogens (tertiary/aromatic N) is 1. The van der Waals surface area contributed by atoms with Gasteiger partial charge in [-0.15, -0.1) is 18.3 Å². The van der Waals surface area contributed by atoms with Gasteiger partial charge in [-0.1, -0.05) is 26.0 Å². The molecule has 1 nitrogen and oxygen atoms in total. The van der Waals surface area contributed by atoms with Crippen LogP contribution in [0, 0.1) is 5.92 Å². The third-order valence-corrected chi connectivity index (χ3v) is 4.55. The topological polar surface area (TPSA) is 3.24 Å². The molecule has 0 saturated carbocycles. The maximum Gasteiger partial charge on any atom is 0.0430 e. The van der Waals surface area contributed by atoms with E-state index in [1.54, 1.807) is 0 Å². The van der Waals surface area contributed by atoms with Crippen LogP contribution in [0.3, 0.4) is 0 Å². The fourth-order valence-corrected chi connectivity index (χ4v) is 3.05. The summed E-state index contributed by atoms with van der Waals surface area (Å²) in [5, 5.41) is 0. The molecule has 0 N–H and O–H groups in total. The monoisotopic (exact) mass is 265 g/mol. The molecule has 0 aromatic rings. The zero-order valence-corrected chi connectivity index (χ0v) is 13.3. The van der Waals surface area contributed by atoms with Crippen LogP contribution in [0.25, 0.3) is 0 Å². The van der Waals surface area contributed by atoms with Gasteiger partial charge in [-0.3, -0.25) is 4.90 Å². The standard InChI is InChI=1S/C16H27NS/c1-7-8-14-11-15(18-6)9-10-16(14,4)17(5)12-13(2)3/h7,9,11,13H,1,8,10,12H2,2-6H3. The van der Waals surface area contributed by atoms with Crippen molar-refractivity contribution in [2.45, 2.75) is 39.2 Å². The van der Waals surface area contributed by atoms with Crippen molar-refractivity contribution in [1.29, 1.82) is 0 Å². The first kappa shape index (κ1) is 15.6. The highest BCUT2D eigenvalue weighted by Crippen LogP contribution is 2.37. The van der Waals surface area contributed by atoms with Gasteiger partial charge in [-0.25, -0.2) is 0 Å². The Morgan fingerprint density at radius 1 is 1.56 bits per heavy atom. The van der Waals surface area contributed by atoms with Gasteiger partial charge in [0.2, 0.25) is 0 Å². The quantitative estimate of drug-likeness (QED) is 0.651. The first-order valence-electron chi connectivity index (χ1n) is 6.71. The Hall–Kier alpha value is -0.470. The van der Waals surface area contributed by atoms with E-state index in [2.05, 4.69) is 57.7 Å². The molecule has 0 aliphatic heterocycles. The average Bonchev–Trinajstić information content (AvgIpc) is 2.31.